The van der Waals surface area contributed by atoms with Gasteiger partial charge in [-0.3, -0.25) is 0 Å². The highest BCUT2D eigenvalue weighted by molar-refractivity contribution is 5.63. The van der Waals surface area contributed by atoms with E-state index >= 15 is 0 Å². The molecule has 0 aromatic rings. The molecule has 0 heterocycles. The van der Waals surface area contributed by atoms with Crippen molar-refractivity contribution in [1.29, 1.82) is 0 Å². The molecule has 0 aliphatic carbocycles. The number of hydrogen-bond donors (Lipinski definition) is 0. The molecular formula is C9H18NO. The maximum absolute atomic E-state index is 4.96. The van der Waals surface area contributed by atoms with Crippen LogP contribution in [0.2, 0.25) is 0 Å². The zero-order valence-electron chi connectivity index (χ0n) is 7.98. The lowest BCUT2D eigenvalue weighted by atomic mass is 10.00. The summed E-state index contributed by atoms with van der Waals surface area (Å²) in [6.07, 6.45) is 5.09. The van der Waals surface area contributed by atoms with Crippen LogP contribution in [0.4, 0.5) is 0 Å². The Balaban J connectivity index is 3.30. The minimum absolute atomic E-state index is 0.00617. The van der Waals surface area contributed by atoms with E-state index in [0.29, 0.717) is 6.61 Å². The van der Waals surface area contributed by atoms with Gasteiger partial charge < -0.3 is 4.84 Å². The van der Waals surface area contributed by atoms with Crippen molar-refractivity contribution < 1.29 is 4.84 Å². The minimum Gasteiger partial charge on any atom is -0.396 e. The lowest BCUT2D eigenvalue weighted by Gasteiger charge is -2.07. The van der Waals surface area contributed by atoms with Crippen molar-refractivity contribution >= 4 is 6.21 Å². The number of hydrogen-bond acceptors (Lipinski definition) is 2. The first-order chi connectivity index (χ1) is 5.06. The molecule has 0 bridgehead atoms. The van der Waals surface area contributed by atoms with E-state index in [4.69, 9.17) is 4.84 Å². The third-order valence-electron chi connectivity index (χ3n) is 1.03. The first kappa shape index (κ1) is 10.5. The third kappa shape index (κ3) is 9.47. The van der Waals surface area contributed by atoms with Gasteiger partial charge in [0.05, 0.1) is 0 Å². The topological polar surface area (TPSA) is 21.6 Å². The lowest BCUT2D eigenvalue weighted by molar-refractivity contribution is 0.140. The number of nitrogens with zero attached hydrogens (tertiary/aromatic N) is 1. The quantitative estimate of drug-likeness (QED) is 0.348. The lowest BCUT2D eigenvalue weighted by Crippen LogP contribution is -2.06. The molecule has 0 unspecified atom stereocenters. The molecule has 0 aliphatic rings. The zero-order chi connectivity index (χ0) is 8.74. The Bertz CT molecular complexity index is 113. The Morgan fingerprint density at radius 2 is 2.00 bits per heavy atom. The van der Waals surface area contributed by atoms with Crippen LogP contribution in [-0.4, -0.2) is 12.8 Å². The summed E-state index contributed by atoms with van der Waals surface area (Å²) in [5.74, 6) is 0. The van der Waals surface area contributed by atoms with Gasteiger partial charge in [0.2, 0.25) is 0 Å². The number of unbranched alkanes of at least 4 members (excludes halogenated alkanes) is 1. The summed E-state index contributed by atoms with van der Waals surface area (Å²) < 4.78 is 0. The smallest absolute Gasteiger partial charge is 0.117 e. The molecule has 0 N–H and O–H groups in total. The number of rotatable bonds is 4. The Morgan fingerprint density at radius 3 is 2.45 bits per heavy atom. The Labute approximate surface area is 69.6 Å². The van der Waals surface area contributed by atoms with E-state index in [2.05, 4.69) is 18.3 Å². The molecule has 0 amide bonds. The fourth-order valence-corrected chi connectivity index (χ4v) is 0.424. The Morgan fingerprint density at radius 1 is 1.36 bits per heavy atom. The Hall–Kier alpha value is -0.530. The summed E-state index contributed by atoms with van der Waals surface area (Å²) in [5.41, 5.74) is 0.00617. The molecule has 11 heavy (non-hydrogen) atoms. The van der Waals surface area contributed by atoms with Crippen LogP contribution < -0.4 is 0 Å². The van der Waals surface area contributed by atoms with Gasteiger partial charge in [-0.15, -0.1) is 0 Å². The average molecular weight is 156 g/mol. The molecule has 65 valence electrons. The van der Waals surface area contributed by atoms with Crippen molar-refractivity contribution in [2.75, 3.05) is 6.61 Å². The molecule has 0 saturated carbocycles. The van der Waals surface area contributed by atoms with Crippen molar-refractivity contribution in [3.8, 4) is 0 Å². The van der Waals surface area contributed by atoms with Crippen LogP contribution in [0.25, 0.3) is 0 Å². The van der Waals surface area contributed by atoms with Crippen LogP contribution in [0.5, 0.6) is 0 Å². The molecule has 2 nitrogen and oxygen atoms in total. The van der Waals surface area contributed by atoms with E-state index in [1.807, 2.05) is 20.8 Å². The second-order valence-electron chi connectivity index (χ2n) is 3.64. The molecular weight excluding hydrogens is 138 g/mol. The standard InChI is InChI=1S/C9H18NO/c1-5-6-7-11-10-8-9(2,3)4/h5-7H2,1-4H3. The van der Waals surface area contributed by atoms with Crippen LogP contribution in [0.15, 0.2) is 5.16 Å². The van der Waals surface area contributed by atoms with Crippen molar-refractivity contribution in [1.82, 2.24) is 0 Å². The highest BCUT2D eigenvalue weighted by Crippen LogP contribution is 2.08. The van der Waals surface area contributed by atoms with E-state index in [9.17, 15) is 0 Å². The van der Waals surface area contributed by atoms with Gasteiger partial charge >= 0.3 is 0 Å². The van der Waals surface area contributed by atoms with Crippen LogP contribution in [0.3, 0.4) is 0 Å². The molecule has 0 aromatic heterocycles. The molecule has 0 rings (SSSR count). The summed E-state index contributed by atoms with van der Waals surface area (Å²) in [4.78, 5) is 4.96. The fraction of sp³-hybridized carbons (Fsp3) is 0.889. The summed E-state index contributed by atoms with van der Waals surface area (Å²) >= 11 is 0. The largest absolute Gasteiger partial charge is 0.396 e. The average Bonchev–Trinajstić information content (AvgIpc) is 1.85. The van der Waals surface area contributed by atoms with Crippen LogP contribution in [0.1, 0.15) is 40.5 Å². The SMILES string of the molecule is CCCCON=[C]C(C)(C)C. The normalized spacial score (nSPS) is 12.4. The van der Waals surface area contributed by atoms with Crippen LogP contribution in [0, 0.1) is 5.41 Å². The van der Waals surface area contributed by atoms with E-state index in [0.717, 1.165) is 12.8 Å². The van der Waals surface area contributed by atoms with Gasteiger partial charge in [-0.1, -0.05) is 39.3 Å². The predicted molar refractivity (Wildman–Crippen MR) is 47.8 cm³/mol. The molecule has 0 fully saturated rings. The van der Waals surface area contributed by atoms with Gasteiger partial charge in [0.15, 0.2) is 0 Å². The van der Waals surface area contributed by atoms with Gasteiger partial charge in [-0.2, -0.15) is 0 Å². The van der Waals surface area contributed by atoms with Gasteiger partial charge in [-0.25, -0.2) is 0 Å². The first-order valence-electron chi connectivity index (χ1n) is 4.15. The van der Waals surface area contributed by atoms with Crippen molar-refractivity contribution in [3.05, 3.63) is 0 Å². The summed E-state index contributed by atoms with van der Waals surface area (Å²) in [7, 11) is 0. The molecule has 1 radical (unpaired) electrons. The fourth-order valence-electron chi connectivity index (χ4n) is 0.424. The third-order valence-corrected chi connectivity index (χ3v) is 1.03. The van der Waals surface area contributed by atoms with Gasteiger partial charge in [0, 0.05) is 5.41 Å². The Kier molecular flexibility index (Phi) is 4.92. The monoisotopic (exact) mass is 156 g/mol. The van der Waals surface area contributed by atoms with Gasteiger partial charge in [-0.05, 0) is 6.42 Å². The summed E-state index contributed by atoms with van der Waals surface area (Å²) in [6.45, 7) is 8.96. The predicted octanol–water partition coefficient (Wildman–Crippen LogP) is 2.71. The highest BCUT2D eigenvalue weighted by atomic mass is 16.6. The zero-order valence-corrected chi connectivity index (χ0v) is 7.98. The molecule has 0 saturated heterocycles. The summed E-state index contributed by atoms with van der Waals surface area (Å²) in [5, 5.41) is 3.73. The van der Waals surface area contributed by atoms with E-state index in [1.165, 1.54) is 0 Å². The van der Waals surface area contributed by atoms with Gasteiger partial charge in [0.25, 0.3) is 0 Å². The summed E-state index contributed by atoms with van der Waals surface area (Å²) in [6, 6.07) is 0. The van der Waals surface area contributed by atoms with E-state index in [1.54, 1.807) is 0 Å². The maximum atomic E-state index is 4.96. The molecule has 0 spiro atoms. The second-order valence-corrected chi connectivity index (χ2v) is 3.64. The molecule has 2 heteroatoms. The maximum Gasteiger partial charge on any atom is 0.117 e. The second kappa shape index (κ2) is 5.16. The molecule has 0 aromatic carbocycles. The van der Waals surface area contributed by atoms with Gasteiger partial charge in [0.1, 0.15) is 12.8 Å². The first-order valence-corrected chi connectivity index (χ1v) is 4.15. The van der Waals surface area contributed by atoms with Crippen LogP contribution >= 0.6 is 0 Å². The van der Waals surface area contributed by atoms with E-state index < -0.39 is 0 Å². The molecule has 0 atom stereocenters. The van der Waals surface area contributed by atoms with E-state index in [-0.39, 0.29) is 5.41 Å². The van der Waals surface area contributed by atoms with Crippen molar-refractivity contribution in [3.63, 3.8) is 0 Å². The minimum atomic E-state index is 0.00617. The highest BCUT2D eigenvalue weighted by Gasteiger charge is 2.06. The van der Waals surface area contributed by atoms with Crippen LogP contribution in [-0.2, 0) is 4.84 Å². The molecule has 0 aliphatic heterocycles. The van der Waals surface area contributed by atoms with Crippen molar-refractivity contribution in [2.45, 2.75) is 40.5 Å². The van der Waals surface area contributed by atoms with Crippen molar-refractivity contribution in [2.24, 2.45) is 10.6 Å².